The maximum Gasteiger partial charge on any atom is 0.378 e. The predicted molar refractivity (Wildman–Crippen MR) is 73.6 cm³/mol. The molecule has 0 fully saturated rings. The highest BCUT2D eigenvalue weighted by atomic mass is 31.0. The Hall–Kier alpha value is -0.810. The highest BCUT2D eigenvalue weighted by Gasteiger charge is 2.41. The minimum atomic E-state index is -3.55. The summed E-state index contributed by atoms with van der Waals surface area (Å²) in [5.74, 6) is -5.42. The van der Waals surface area contributed by atoms with Gasteiger partial charge in [0.2, 0.25) is 0 Å². The third-order valence-electron chi connectivity index (χ3n) is 2.42. The first-order valence-corrected chi connectivity index (χ1v) is 7.32. The maximum absolute atomic E-state index is 13.5. The SMILES string of the molecule is CCOC(=O)CCCN(CP)CC(F)(F)C(=O)OCC. The predicted octanol–water partition coefficient (Wildman–Crippen LogP) is 1.66. The van der Waals surface area contributed by atoms with E-state index in [0.717, 1.165) is 0 Å². The molecule has 0 aromatic heterocycles. The van der Waals surface area contributed by atoms with Gasteiger partial charge in [-0.05, 0) is 26.8 Å². The zero-order valence-electron chi connectivity index (χ0n) is 11.9. The zero-order valence-corrected chi connectivity index (χ0v) is 13.0. The molecule has 0 bridgehead atoms. The van der Waals surface area contributed by atoms with Crippen LogP contribution in [0.2, 0.25) is 0 Å². The van der Waals surface area contributed by atoms with Gasteiger partial charge in [-0.2, -0.15) is 8.78 Å². The van der Waals surface area contributed by atoms with Gasteiger partial charge in [-0.15, -0.1) is 9.24 Å². The van der Waals surface area contributed by atoms with Crippen LogP contribution in [0.15, 0.2) is 0 Å². The van der Waals surface area contributed by atoms with Crippen molar-refractivity contribution in [3.05, 3.63) is 0 Å². The molecular formula is C12H22F2NO4P. The lowest BCUT2D eigenvalue weighted by Gasteiger charge is -2.24. The number of carbonyl (C=O) groups is 2. The van der Waals surface area contributed by atoms with Gasteiger partial charge in [-0.3, -0.25) is 9.69 Å². The largest absolute Gasteiger partial charge is 0.466 e. The lowest BCUT2D eigenvalue weighted by Crippen LogP contribution is -2.43. The van der Waals surface area contributed by atoms with Gasteiger partial charge >= 0.3 is 17.9 Å². The van der Waals surface area contributed by atoms with Crippen molar-refractivity contribution in [3.8, 4) is 0 Å². The van der Waals surface area contributed by atoms with E-state index in [4.69, 9.17) is 4.74 Å². The summed E-state index contributed by atoms with van der Waals surface area (Å²) in [6.45, 7) is 2.94. The lowest BCUT2D eigenvalue weighted by atomic mass is 10.2. The molecule has 20 heavy (non-hydrogen) atoms. The molecule has 0 N–H and O–H groups in total. The van der Waals surface area contributed by atoms with Gasteiger partial charge in [0.1, 0.15) is 0 Å². The molecule has 0 aliphatic heterocycles. The second-order valence-electron chi connectivity index (χ2n) is 4.07. The Bertz CT molecular complexity index is 316. The summed E-state index contributed by atoms with van der Waals surface area (Å²) in [5, 5.41) is 0. The van der Waals surface area contributed by atoms with Crippen LogP contribution in [0.4, 0.5) is 8.78 Å². The van der Waals surface area contributed by atoms with Crippen LogP contribution in [-0.4, -0.2) is 55.4 Å². The molecule has 8 heteroatoms. The van der Waals surface area contributed by atoms with E-state index in [1.165, 1.54) is 11.8 Å². The van der Waals surface area contributed by atoms with Crippen LogP contribution in [0.3, 0.4) is 0 Å². The molecule has 118 valence electrons. The molecule has 0 heterocycles. The minimum Gasteiger partial charge on any atom is -0.466 e. The van der Waals surface area contributed by atoms with Gasteiger partial charge in [0.25, 0.3) is 0 Å². The third kappa shape index (κ3) is 7.70. The number of hydrogen-bond donors (Lipinski definition) is 0. The van der Waals surface area contributed by atoms with Crippen molar-refractivity contribution in [3.63, 3.8) is 0 Å². The van der Waals surface area contributed by atoms with Crippen LogP contribution in [0.25, 0.3) is 0 Å². The fourth-order valence-corrected chi connectivity index (χ4v) is 1.81. The number of alkyl halides is 2. The van der Waals surface area contributed by atoms with Crippen LogP contribution >= 0.6 is 9.24 Å². The first-order chi connectivity index (χ1) is 9.37. The summed E-state index contributed by atoms with van der Waals surface area (Å²) in [6, 6.07) is 0. The van der Waals surface area contributed by atoms with E-state index >= 15 is 0 Å². The molecule has 5 nitrogen and oxygen atoms in total. The maximum atomic E-state index is 13.5. The monoisotopic (exact) mass is 313 g/mol. The molecule has 0 aromatic rings. The third-order valence-corrected chi connectivity index (χ3v) is 2.93. The Morgan fingerprint density at radius 2 is 1.80 bits per heavy atom. The van der Waals surface area contributed by atoms with Gasteiger partial charge in [0.05, 0.1) is 19.8 Å². The smallest absolute Gasteiger partial charge is 0.378 e. The summed E-state index contributed by atoms with van der Waals surface area (Å²) in [5.41, 5.74) is 0. The normalized spacial score (nSPS) is 11.5. The van der Waals surface area contributed by atoms with E-state index in [1.807, 2.05) is 0 Å². The summed E-state index contributed by atoms with van der Waals surface area (Å²) >= 11 is 0. The van der Waals surface area contributed by atoms with Gasteiger partial charge in [0.15, 0.2) is 0 Å². The van der Waals surface area contributed by atoms with Crippen molar-refractivity contribution in [2.75, 3.05) is 32.6 Å². The number of esters is 2. The summed E-state index contributed by atoms with van der Waals surface area (Å²) in [6.07, 6.45) is 0.837. The van der Waals surface area contributed by atoms with Crippen molar-refractivity contribution in [2.24, 2.45) is 0 Å². The molecular weight excluding hydrogens is 291 g/mol. The van der Waals surface area contributed by atoms with E-state index < -0.39 is 18.4 Å². The molecule has 1 atom stereocenters. The Morgan fingerprint density at radius 3 is 2.30 bits per heavy atom. The van der Waals surface area contributed by atoms with Gasteiger partial charge in [0, 0.05) is 12.7 Å². The van der Waals surface area contributed by atoms with Crippen molar-refractivity contribution in [1.29, 1.82) is 0 Å². The minimum absolute atomic E-state index is 0.0852. The lowest BCUT2D eigenvalue weighted by molar-refractivity contribution is -0.173. The van der Waals surface area contributed by atoms with Crippen LogP contribution in [0.5, 0.6) is 0 Å². The Balaban J connectivity index is 4.20. The molecule has 0 saturated heterocycles. The molecule has 0 aliphatic carbocycles. The van der Waals surface area contributed by atoms with Crippen LogP contribution in [-0.2, 0) is 19.1 Å². The standard InChI is InChI=1S/C12H22F2NO4P/c1-3-18-10(16)6-5-7-15(9-20)8-12(13,14)11(17)19-4-2/h3-9,20H2,1-2H3. The van der Waals surface area contributed by atoms with Crippen LogP contribution < -0.4 is 0 Å². The average Bonchev–Trinajstić information content (AvgIpc) is 2.38. The molecule has 0 rings (SSSR count). The van der Waals surface area contributed by atoms with Crippen molar-refractivity contribution in [1.82, 2.24) is 4.90 Å². The molecule has 0 aromatic carbocycles. The molecule has 0 amide bonds. The fraction of sp³-hybridized carbons (Fsp3) is 0.833. The molecule has 0 aliphatic rings. The summed E-state index contributed by atoms with van der Waals surface area (Å²) in [4.78, 5) is 23.6. The first-order valence-electron chi connectivity index (χ1n) is 6.50. The average molecular weight is 313 g/mol. The number of halogens is 2. The number of carbonyl (C=O) groups excluding carboxylic acids is 2. The number of ether oxygens (including phenoxy) is 2. The second-order valence-corrected chi connectivity index (χ2v) is 4.43. The first kappa shape index (κ1) is 19.2. The molecule has 0 radical (unpaired) electrons. The quantitative estimate of drug-likeness (QED) is 0.453. The number of nitrogens with zero attached hydrogens (tertiary/aromatic N) is 1. The van der Waals surface area contributed by atoms with Crippen molar-refractivity contribution < 1.29 is 27.8 Å². The van der Waals surface area contributed by atoms with E-state index in [9.17, 15) is 18.4 Å². The van der Waals surface area contributed by atoms with Gasteiger partial charge in [-0.25, -0.2) is 4.79 Å². The topological polar surface area (TPSA) is 55.8 Å². The van der Waals surface area contributed by atoms with Crippen LogP contribution in [0.1, 0.15) is 26.7 Å². The Morgan fingerprint density at radius 1 is 1.20 bits per heavy atom. The fourth-order valence-electron chi connectivity index (χ4n) is 1.50. The Labute approximate surface area is 120 Å². The van der Waals surface area contributed by atoms with E-state index in [0.29, 0.717) is 13.0 Å². The summed E-state index contributed by atoms with van der Waals surface area (Å²) < 4.78 is 36.1. The van der Waals surface area contributed by atoms with E-state index in [1.54, 1.807) is 6.92 Å². The number of rotatable bonds is 10. The Kier molecular flexibility index (Phi) is 9.59. The van der Waals surface area contributed by atoms with Crippen molar-refractivity contribution in [2.45, 2.75) is 32.6 Å². The van der Waals surface area contributed by atoms with Crippen molar-refractivity contribution >= 4 is 21.2 Å². The second kappa shape index (κ2) is 10.00. The van der Waals surface area contributed by atoms with E-state index in [-0.39, 0.29) is 31.8 Å². The zero-order chi connectivity index (χ0) is 15.6. The number of hydrogen-bond acceptors (Lipinski definition) is 5. The van der Waals surface area contributed by atoms with Gasteiger partial charge < -0.3 is 9.47 Å². The molecule has 0 saturated carbocycles. The van der Waals surface area contributed by atoms with E-state index in [2.05, 4.69) is 14.0 Å². The molecule has 0 spiro atoms. The highest BCUT2D eigenvalue weighted by molar-refractivity contribution is 7.16. The summed E-state index contributed by atoms with van der Waals surface area (Å²) in [7, 11) is 2.32. The highest BCUT2D eigenvalue weighted by Crippen LogP contribution is 2.18. The van der Waals surface area contributed by atoms with Crippen LogP contribution in [0, 0.1) is 0 Å². The molecule has 1 unspecified atom stereocenters. The van der Waals surface area contributed by atoms with Gasteiger partial charge in [-0.1, -0.05) is 0 Å².